The summed E-state index contributed by atoms with van der Waals surface area (Å²) in [6, 6.07) is 0. The molecule has 0 bridgehead atoms. The highest BCUT2D eigenvalue weighted by atomic mass is 16.5. The molecule has 1 N–H and O–H groups in total. The molecule has 1 aliphatic rings. The minimum Gasteiger partial charge on any atom is -0.389 e. The van der Waals surface area contributed by atoms with E-state index in [1.54, 1.807) is 7.11 Å². The molecule has 1 heterocycles. The van der Waals surface area contributed by atoms with Gasteiger partial charge in [-0.15, -0.1) is 0 Å². The van der Waals surface area contributed by atoms with Gasteiger partial charge in [0.05, 0.1) is 25.9 Å². The molecule has 0 spiro atoms. The first-order valence-electron chi connectivity index (χ1n) is 6.95. The summed E-state index contributed by atoms with van der Waals surface area (Å²) in [5.41, 5.74) is 0. The van der Waals surface area contributed by atoms with E-state index in [0.717, 1.165) is 26.2 Å². The molecule has 1 rings (SSSR count). The Kier molecular flexibility index (Phi) is 8.54. The van der Waals surface area contributed by atoms with E-state index in [9.17, 15) is 5.11 Å². The third kappa shape index (κ3) is 6.66. The van der Waals surface area contributed by atoms with Crippen molar-refractivity contribution in [1.82, 2.24) is 9.80 Å². The summed E-state index contributed by atoms with van der Waals surface area (Å²) in [5, 5.41) is 9.85. The fourth-order valence-corrected chi connectivity index (χ4v) is 2.22. The van der Waals surface area contributed by atoms with Gasteiger partial charge in [0.2, 0.25) is 0 Å². The van der Waals surface area contributed by atoms with Gasteiger partial charge in [-0.05, 0) is 13.0 Å². The number of aliphatic hydroxyl groups is 1. The summed E-state index contributed by atoms with van der Waals surface area (Å²) >= 11 is 0. The number of piperazine rings is 1. The summed E-state index contributed by atoms with van der Waals surface area (Å²) in [4.78, 5) is 4.80. The lowest BCUT2D eigenvalue weighted by molar-refractivity contribution is -0.00684. The Morgan fingerprint density at radius 2 is 1.78 bits per heavy atom. The van der Waals surface area contributed by atoms with Crippen LogP contribution in [0, 0.1) is 0 Å². The van der Waals surface area contributed by atoms with E-state index in [1.807, 2.05) is 0 Å². The van der Waals surface area contributed by atoms with Gasteiger partial charge in [0.1, 0.15) is 0 Å². The Morgan fingerprint density at radius 1 is 1.11 bits per heavy atom. The molecule has 108 valence electrons. The third-order valence-corrected chi connectivity index (χ3v) is 3.22. The van der Waals surface area contributed by atoms with Gasteiger partial charge in [0, 0.05) is 39.8 Å². The third-order valence-electron chi connectivity index (χ3n) is 3.22. The molecule has 0 aromatic heterocycles. The molecular weight excluding hydrogens is 232 g/mol. The van der Waals surface area contributed by atoms with Gasteiger partial charge in [0.25, 0.3) is 0 Å². The molecule has 0 amide bonds. The highest BCUT2D eigenvalue weighted by Crippen LogP contribution is 2.03. The van der Waals surface area contributed by atoms with Crippen molar-refractivity contribution >= 4 is 0 Å². The zero-order valence-corrected chi connectivity index (χ0v) is 11.8. The van der Waals surface area contributed by atoms with Crippen molar-refractivity contribution in [3.8, 4) is 0 Å². The monoisotopic (exact) mass is 260 g/mol. The summed E-state index contributed by atoms with van der Waals surface area (Å²) in [5.74, 6) is 0. The Balaban J connectivity index is 2.05. The highest BCUT2D eigenvalue weighted by Gasteiger charge is 2.18. The fourth-order valence-electron chi connectivity index (χ4n) is 2.22. The van der Waals surface area contributed by atoms with Crippen LogP contribution < -0.4 is 0 Å². The average molecular weight is 260 g/mol. The molecule has 1 aliphatic heterocycles. The number of aliphatic hydroxyl groups excluding tert-OH is 1. The summed E-state index contributed by atoms with van der Waals surface area (Å²) < 4.78 is 10.2. The van der Waals surface area contributed by atoms with Gasteiger partial charge < -0.3 is 19.5 Å². The molecule has 18 heavy (non-hydrogen) atoms. The predicted molar refractivity (Wildman–Crippen MR) is 71.9 cm³/mol. The van der Waals surface area contributed by atoms with Crippen LogP contribution in [0.4, 0.5) is 0 Å². The van der Waals surface area contributed by atoms with Crippen LogP contribution in [0.3, 0.4) is 0 Å². The van der Waals surface area contributed by atoms with Crippen LogP contribution in [-0.2, 0) is 9.47 Å². The second-order valence-electron chi connectivity index (χ2n) is 4.86. The van der Waals surface area contributed by atoms with Crippen molar-refractivity contribution in [1.29, 1.82) is 0 Å². The van der Waals surface area contributed by atoms with Crippen molar-refractivity contribution in [3.63, 3.8) is 0 Å². The van der Waals surface area contributed by atoms with Gasteiger partial charge in [0.15, 0.2) is 0 Å². The van der Waals surface area contributed by atoms with Crippen LogP contribution in [0.25, 0.3) is 0 Å². The normalized spacial score (nSPS) is 20.2. The number of hydrogen-bond acceptors (Lipinski definition) is 5. The van der Waals surface area contributed by atoms with E-state index in [2.05, 4.69) is 16.7 Å². The van der Waals surface area contributed by atoms with Crippen molar-refractivity contribution in [2.24, 2.45) is 0 Å². The zero-order valence-electron chi connectivity index (χ0n) is 11.8. The number of nitrogens with zero attached hydrogens (tertiary/aromatic N) is 2. The first-order valence-corrected chi connectivity index (χ1v) is 6.95. The Hall–Kier alpha value is -0.200. The maximum Gasteiger partial charge on any atom is 0.0900 e. The number of β-amino-alcohol motifs (C(OH)–C–C–N with tert-alkyl or cyclic N) is 1. The summed E-state index contributed by atoms with van der Waals surface area (Å²) in [7, 11) is 1.65. The number of rotatable bonds is 9. The Labute approximate surface area is 111 Å². The second kappa shape index (κ2) is 9.69. The lowest BCUT2D eigenvalue weighted by Gasteiger charge is -2.35. The minimum atomic E-state index is -0.389. The maximum atomic E-state index is 9.85. The van der Waals surface area contributed by atoms with Crippen LogP contribution in [0.15, 0.2) is 0 Å². The molecule has 5 heteroatoms. The predicted octanol–water partition coefficient (Wildman–Crippen LogP) is 0.0379. The van der Waals surface area contributed by atoms with Crippen molar-refractivity contribution in [2.45, 2.75) is 19.4 Å². The standard InChI is InChI=1S/C13H28N2O3/c1-3-4-14-5-7-15(8-6-14)11-13(16)12-18-10-9-17-2/h13,16H,3-12H2,1-2H3. The Morgan fingerprint density at radius 3 is 2.39 bits per heavy atom. The first-order chi connectivity index (χ1) is 8.76. The van der Waals surface area contributed by atoms with Gasteiger partial charge in [-0.3, -0.25) is 4.90 Å². The lowest BCUT2D eigenvalue weighted by atomic mass is 10.2. The highest BCUT2D eigenvalue weighted by molar-refractivity contribution is 4.73. The van der Waals surface area contributed by atoms with Crippen molar-refractivity contribution in [2.75, 3.05) is 66.2 Å². The summed E-state index contributed by atoms with van der Waals surface area (Å²) in [6.45, 7) is 10.00. The molecule has 0 aromatic rings. The molecule has 0 aromatic carbocycles. The largest absolute Gasteiger partial charge is 0.389 e. The van der Waals surface area contributed by atoms with Gasteiger partial charge in [-0.2, -0.15) is 0 Å². The number of ether oxygens (including phenoxy) is 2. The molecule has 0 aliphatic carbocycles. The van der Waals surface area contributed by atoms with E-state index >= 15 is 0 Å². The van der Waals surface area contributed by atoms with Crippen molar-refractivity contribution < 1.29 is 14.6 Å². The van der Waals surface area contributed by atoms with Crippen LogP contribution in [-0.4, -0.2) is 87.2 Å². The summed E-state index contributed by atoms with van der Waals surface area (Å²) in [6.07, 6.45) is 0.829. The molecular formula is C13H28N2O3. The molecule has 1 unspecified atom stereocenters. The Bertz CT molecular complexity index is 197. The second-order valence-corrected chi connectivity index (χ2v) is 4.86. The molecule has 5 nitrogen and oxygen atoms in total. The van der Waals surface area contributed by atoms with E-state index < -0.39 is 0 Å². The molecule has 0 saturated carbocycles. The molecule has 1 saturated heterocycles. The molecule has 0 radical (unpaired) electrons. The van der Waals surface area contributed by atoms with E-state index in [-0.39, 0.29) is 6.10 Å². The van der Waals surface area contributed by atoms with Crippen LogP contribution >= 0.6 is 0 Å². The topological polar surface area (TPSA) is 45.2 Å². The average Bonchev–Trinajstić information content (AvgIpc) is 2.37. The lowest BCUT2D eigenvalue weighted by Crippen LogP contribution is -2.49. The first kappa shape index (κ1) is 15.9. The number of methoxy groups -OCH3 is 1. The number of hydrogen-bond donors (Lipinski definition) is 1. The van der Waals surface area contributed by atoms with E-state index in [4.69, 9.17) is 9.47 Å². The van der Waals surface area contributed by atoms with E-state index in [1.165, 1.54) is 13.0 Å². The molecule has 1 atom stereocenters. The molecule has 1 fully saturated rings. The maximum absolute atomic E-state index is 9.85. The van der Waals surface area contributed by atoms with Gasteiger partial charge in [-0.1, -0.05) is 6.92 Å². The van der Waals surface area contributed by atoms with Crippen LogP contribution in [0.1, 0.15) is 13.3 Å². The van der Waals surface area contributed by atoms with Gasteiger partial charge in [-0.25, -0.2) is 0 Å². The van der Waals surface area contributed by atoms with Crippen LogP contribution in [0.2, 0.25) is 0 Å². The zero-order chi connectivity index (χ0) is 13.2. The van der Waals surface area contributed by atoms with E-state index in [0.29, 0.717) is 26.4 Å². The van der Waals surface area contributed by atoms with Crippen molar-refractivity contribution in [3.05, 3.63) is 0 Å². The van der Waals surface area contributed by atoms with Crippen LogP contribution in [0.5, 0.6) is 0 Å². The minimum absolute atomic E-state index is 0.389. The quantitative estimate of drug-likeness (QED) is 0.593. The smallest absolute Gasteiger partial charge is 0.0900 e. The SMILES string of the molecule is CCCN1CCN(CC(O)COCCOC)CC1. The fraction of sp³-hybridized carbons (Fsp3) is 1.00. The van der Waals surface area contributed by atoms with Gasteiger partial charge >= 0.3 is 0 Å².